The molecule has 3 atom stereocenters. The van der Waals surface area contributed by atoms with Gasteiger partial charge in [-0.25, -0.2) is 0 Å². The molecule has 1 aromatic carbocycles. The first-order valence-corrected chi connectivity index (χ1v) is 8.03. The Morgan fingerprint density at radius 3 is 3.14 bits per heavy atom. The van der Waals surface area contributed by atoms with Crippen molar-refractivity contribution < 1.29 is 9.47 Å². The van der Waals surface area contributed by atoms with Crippen LogP contribution in [-0.4, -0.2) is 37.7 Å². The van der Waals surface area contributed by atoms with Crippen LogP contribution in [0.2, 0.25) is 0 Å². The standard InChI is InChI=1S/C18H21NO2/c1-19-9-8-18-12-4-3-5-15(18)21-17-14(20-2)7-6-11(16(17)18)10-13(12)19/h4,6-7,13,15H,3,5,8-10H2,1-2H3/t13-,15+,18-/m1/s1. The van der Waals surface area contributed by atoms with Gasteiger partial charge in [-0.1, -0.05) is 12.1 Å². The molecule has 1 fully saturated rings. The molecule has 3 nitrogen and oxygen atoms in total. The maximum absolute atomic E-state index is 6.45. The maximum Gasteiger partial charge on any atom is 0.166 e. The molecule has 110 valence electrons. The molecule has 1 saturated heterocycles. The van der Waals surface area contributed by atoms with Crippen LogP contribution in [0, 0.1) is 0 Å². The summed E-state index contributed by atoms with van der Waals surface area (Å²) >= 11 is 0. The second-order valence-electron chi connectivity index (χ2n) is 6.90. The smallest absolute Gasteiger partial charge is 0.166 e. The largest absolute Gasteiger partial charge is 0.493 e. The van der Waals surface area contributed by atoms with E-state index in [0.29, 0.717) is 12.1 Å². The molecule has 0 saturated carbocycles. The minimum atomic E-state index is 0.146. The maximum atomic E-state index is 6.45. The van der Waals surface area contributed by atoms with Crippen LogP contribution in [0.3, 0.4) is 0 Å². The van der Waals surface area contributed by atoms with E-state index in [1.54, 1.807) is 12.7 Å². The molecule has 4 aliphatic rings. The Morgan fingerprint density at radius 2 is 2.29 bits per heavy atom. The Hall–Kier alpha value is -1.48. The van der Waals surface area contributed by atoms with E-state index in [9.17, 15) is 0 Å². The zero-order valence-electron chi connectivity index (χ0n) is 12.7. The average Bonchev–Trinajstić information content (AvgIpc) is 2.84. The molecule has 1 aromatic rings. The molecular formula is C18H21NO2. The quantitative estimate of drug-likeness (QED) is 0.740. The van der Waals surface area contributed by atoms with Crippen LogP contribution in [0.25, 0.3) is 0 Å². The number of nitrogens with zero attached hydrogens (tertiary/aromatic N) is 1. The second-order valence-corrected chi connectivity index (χ2v) is 6.90. The van der Waals surface area contributed by atoms with Crippen molar-refractivity contribution in [2.24, 2.45) is 0 Å². The topological polar surface area (TPSA) is 21.7 Å². The Morgan fingerprint density at radius 1 is 1.38 bits per heavy atom. The highest BCUT2D eigenvalue weighted by Gasteiger charge is 2.60. The lowest BCUT2D eigenvalue weighted by atomic mass is 9.56. The Balaban J connectivity index is 1.84. The first-order chi connectivity index (χ1) is 10.3. The molecule has 2 bridgehead atoms. The summed E-state index contributed by atoms with van der Waals surface area (Å²) in [5, 5.41) is 0. The van der Waals surface area contributed by atoms with Gasteiger partial charge < -0.3 is 9.47 Å². The predicted octanol–water partition coefficient (Wildman–Crippen LogP) is 2.67. The highest BCUT2D eigenvalue weighted by Crippen LogP contribution is 2.62. The van der Waals surface area contributed by atoms with E-state index >= 15 is 0 Å². The summed E-state index contributed by atoms with van der Waals surface area (Å²) < 4.78 is 12.0. The molecule has 0 amide bonds. The van der Waals surface area contributed by atoms with Crippen molar-refractivity contribution in [1.82, 2.24) is 4.90 Å². The van der Waals surface area contributed by atoms with Crippen LogP contribution in [0.5, 0.6) is 11.5 Å². The summed E-state index contributed by atoms with van der Waals surface area (Å²) in [5.74, 6) is 1.95. The number of allylic oxidation sites excluding steroid dienone is 1. The molecule has 0 unspecified atom stereocenters. The zero-order valence-corrected chi connectivity index (χ0v) is 12.7. The van der Waals surface area contributed by atoms with E-state index in [1.807, 2.05) is 0 Å². The number of piperidine rings is 1. The van der Waals surface area contributed by atoms with Crippen LogP contribution in [0.4, 0.5) is 0 Å². The van der Waals surface area contributed by atoms with Crippen LogP contribution >= 0.6 is 0 Å². The Labute approximate surface area is 125 Å². The van der Waals surface area contributed by atoms with Crippen LogP contribution in [0.1, 0.15) is 30.4 Å². The van der Waals surface area contributed by atoms with Crippen molar-refractivity contribution in [3.8, 4) is 11.5 Å². The SMILES string of the molecule is COc1ccc2c3c1O[C@H]1CCC=C4[C@@H](C2)N(C)CC[C@]431. The van der Waals surface area contributed by atoms with Crippen molar-refractivity contribution in [3.05, 3.63) is 34.9 Å². The van der Waals surface area contributed by atoms with Crippen molar-refractivity contribution in [1.29, 1.82) is 0 Å². The minimum Gasteiger partial charge on any atom is -0.493 e. The number of benzene rings is 1. The molecule has 2 heterocycles. The fraction of sp³-hybridized carbons (Fsp3) is 0.556. The number of ether oxygens (including phenoxy) is 2. The van der Waals surface area contributed by atoms with Gasteiger partial charge in [-0.15, -0.1) is 0 Å². The minimum absolute atomic E-state index is 0.146. The third-order valence-electron chi connectivity index (χ3n) is 6.16. The second kappa shape index (κ2) is 3.83. The number of rotatable bonds is 1. The number of likely N-dealkylation sites (N-methyl/N-ethyl adjacent to an activating group) is 1. The van der Waals surface area contributed by atoms with E-state index in [-0.39, 0.29) is 5.41 Å². The highest BCUT2D eigenvalue weighted by atomic mass is 16.5. The summed E-state index contributed by atoms with van der Waals surface area (Å²) in [5.41, 5.74) is 4.71. The van der Waals surface area contributed by atoms with Gasteiger partial charge in [-0.3, -0.25) is 4.90 Å². The van der Waals surface area contributed by atoms with E-state index in [0.717, 1.165) is 37.3 Å². The molecule has 0 radical (unpaired) electrons. The normalized spacial score (nSPS) is 35.8. The monoisotopic (exact) mass is 283 g/mol. The van der Waals surface area contributed by atoms with E-state index in [1.165, 1.54) is 17.5 Å². The summed E-state index contributed by atoms with van der Waals surface area (Å²) in [6.45, 7) is 1.16. The average molecular weight is 283 g/mol. The van der Waals surface area contributed by atoms with E-state index in [4.69, 9.17) is 9.47 Å². The van der Waals surface area contributed by atoms with Crippen LogP contribution < -0.4 is 9.47 Å². The van der Waals surface area contributed by atoms with Crippen molar-refractivity contribution in [3.63, 3.8) is 0 Å². The van der Waals surface area contributed by atoms with Gasteiger partial charge >= 0.3 is 0 Å². The third-order valence-corrected chi connectivity index (χ3v) is 6.16. The summed E-state index contributed by atoms with van der Waals surface area (Å²) in [4.78, 5) is 2.53. The molecule has 0 aromatic heterocycles. The van der Waals surface area contributed by atoms with Gasteiger partial charge in [-0.05, 0) is 56.5 Å². The lowest BCUT2D eigenvalue weighted by molar-refractivity contribution is 0.0817. The third kappa shape index (κ3) is 1.25. The van der Waals surface area contributed by atoms with Crippen LogP contribution in [0.15, 0.2) is 23.8 Å². The lowest BCUT2D eigenvalue weighted by Gasteiger charge is -2.53. The van der Waals surface area contributed by atoms with Gasteiger partial charge in [0.25, 0.3) is 0 Å². The van der Waals surface area contributed by atoms with Gasteiger partial charge in [0.15, 0.2) is 11.5 Å². The highest BCUT2D eigenvalue weighted by molar-refractivity contribution is 5.65. The molecular weight excluding hydrogens is 262 g/mol. The van der Waals surface area contributed by atoms with Gasteiger partial charge in [0.1, 0.15) is 6.10 Å². The van der Waals surface area contributed by atoms with Gasteiger partial charge in [-0.2, -0.15) is 0 Å². The van der Waals surface area contributed by atoms with Gasteiger partial charge in [0.2, 0.25) is 0 Å². The van der Waals surface area contributed by atoms with Gasteiger partial charge in [0.05, 0.1) is 12.5 Å². The lowest BCUT2D eigenvalue weighted by Crippen LogP contribution is -2.58. The number of hydrogen-bond donors (Lipinski definition) is 0. The number of methoxy groups -OCH3 is 1. The van der Waals surface area contributed by atoms with Gasteiger partial charge in [0, 0.05) is 11.6 Å². The Kier molecular flexibility index (Phi) is 2.21. The van der Waals surface area contributed by atoms with E-state index in [2.05, 4.69) is 30.2 Å². The fourth-order valence-electron chi connectivity index (χ4n) is 5.24. The van der Waals surface area contributed by atoms with Crippen molar-refractivity contribution in [2.75, 3.05) is 20.7 Å². The first kappa shape index (κ1) is 12.1. The van der Waals surface area contributed by atoms with Crippen molar-refractivity contribution >= 4 is 0 Å². The number of hydrogen-bond acceptors (Lipinski definition) is 3. The molecule has 5 rings (SSSR count). The van der Waals surface area contributed by atoms with Crippen LogP contribution in [-0.2, 0) is 11.8 Å². The molecule has 21 heavy (non-hydrogen) atoms. The fourth-order valence-corrected chi connectivity index (χ4v) is 5.24. The summed E-state index contributed by atoms with van der Waals surface area (Å²) in [6, 6.07) is 4.92. The molecule has 0 N–H and O–H groups in total. The van der Waals surface area contributed by atoms with Crippen molar-refractivity contribution in [2.45, 2.75) is 43.2 Å². The molecule has 1 spiro atoms. The summed E-state index contributed by atoms with van der Waals surface area (Å²) in [7, 11) is 4.02. The molecule has 2 aliphatic carbocycles. The molecule has 2 aliphatic heterocycles. The Bertz CT molecular complexity index is 665. The molecule has 3 heteroatoms. The first-order valence-electron chi connectivity index (χ1n) is 8.03. The van der Waals surface area contributed by atoms with E-state index < -0.39 is 0 Å². The summed E-state index contributed by atoms with van der Waals surface area (Å²) in [6.07, 6.45) is 7.42. The zero-order chi connectivity index (χ0) is 14.2. The number of likely N-dealkylation sites (tertiary alicyclic amines) is 1. The predicted molar refractivity (Wildman–Crippen MR) is 81.1 cm³/mol.